The molecule has 3 rings (SSSR count). The molecule has 5 nitrogen and oxygen atoms in total. The number of carbonyl (C=O) groups is 2. The Morgan fingerprint density at radius 1 is 1.08 bits per heavy atom. The Bertz CT molecular complexity index is 938. The fourth-order valence-corrected chi connectivity index (χ4v) is 4.39. The number of amides is 1. The van der Waals surface area contributed by atoms with Gasteiger partial charge in [0.05, 0.1) is 4.90 Å². The third kappa shape index (κ3) is 3.83. The van der Waals surface area contributed by atoms with Gasteiger partial charge in [0.15, 0.2) is 5.78 Å². The van der Waals surface area contributed by atoms with Crippen LogP contribution in [-0.2, 0) is 21.2 Å². The van der Waals surface area contributed by atoms with Gasteiger partial charge in [0.1, 0.15) is 5.82 Å². The Balaban J connectivity index is 1.84. The average molecular weight is 375 g/mol. The highest BCUT2D eigenvalue weighted by Gasteiger charge is 2.31. The van der Waals surface area contributed by atoms with Crippen LogP contribution in [0.3, 0.4) is 0 Å². The minimum atomic E-state index is -3.96. The number of hydrogen-bond donors (Lipinski definition) is 0. The SMILES string of the molecule is O=C(Cc1ccc(F)cc1)c1cccc(S(=O)(=O)N2CCCCC2=O)c1. The number of piperidine rings is 1. The van der Waals surface area contributed by atoms with Crippen molar-refractivity contribution in [2.24, 2.45) is 0 Å². The summed E-state index contributed by atoms with van der Waals surface area (Å²) in [5.41, 5.74) is 0.871. The summed E-state index contributed by atoms with van der Waals surface area (Å²) in [6, 6.07) is 11.3. The van der Waals surface area contributed by atoms with E-state index in [4.69, 9.17) is 0 Å². The Labute approximate surface area is 151 Å². The Morgan fingerprint density at radius 2 is 1.81 bits per heavy atom. The second-order valence-electron chi connectivity index (χ2n) is 6.18. The van der Waals surface area contributed by atoms with Crippen molar-refractivity contribution in [3.8, 4) is 0 Å². The van der Waals surface area contributed by atoms with E-state index < -0.39 is 15.9 Å². The van der Waals surface area contributed by atoms with E-state index in [1.165, 1.54) is 48.5 Å². The van der Waals surface area contributed by atoms with Crippen molar-refractivity contribution >= 4 is 21.7 Å². The van der Waals surface area contributed by atoms with E-state index in [0.29, 0.717) is 18.4 Å². The van der Waals surface area contributed by atoms with Crippen LogP contribution in [0.1, 0.15) is 35.2 Å². The molecule has 0 radical (unpaired) electrons. The highest BCUT2D eigenvalue weighted by atomic mass is 32.2. The first-order valence-electron chi connectivity index (χ1n) is 8.31. The maximum atomic E-state index is 13.0. The molecule has 0 atom stereocenters. The quantitative estimate of drug-likeness (QED) is 0.754. The first kappa shape index (κ1) is 18.3. The van der Waals surface area contributed by atoms with E-state index in [1.807, 2.05) is 0 Å². The van der Waals surface area contributed by atoms with Crippen LogP contribution in [-0.4, -0.2) is 31.0 Å². The lowest BCUT2D eigenvalue weighted by atomic mass is 10.0. The van der Waals surface area contributed by atoms with Gasteiger partial charge >= 0.3 is 0 Å². The molecule has 0 bridgehead atoms. The molecule has 2 aromatic rings. The molecule has 26 heavy (non-hydrogen) atoms. The normalized spacial score (nSPS) is 15.1. The zero-order chi connectivity index (χ0) is 18.7. The van der Waals surface area contributed by atoms with Crippen LogP contribution in [0.4, 0.5) is 4.39 Å². The molecule has 1 saturated heterocycles. The van der Waals surface area contributed by atoms with Crippen LogP contribution in [0.25, 0.3) is 0 Å². The average Bonchev–Trinajstić information content (AvgIpc) is 2.64. The fraction of sp³-hybridized carbons (Fsp3) is 0.263. The van der Waals surface area contributed by atoms with Crippen molar-refractivity contribution in [2.45, 2.75) is 30.6 Å². The van der Waals surface area contributed by atoms with Gasteiger partial charge in [-0.05, 0) is 42.7 Å². The molecule has 1 heterocycles. The van der Waals surface area contributed by atoms with Gasteiger partial charge in [-0.2, -0.15) is 0 Å². The number of Topliss-reactive ketones (excluding diaryl/α,β-unsaturated/α-hetero) is 1. The summed E-state index contributed by atoms with van der Waals surface area (Å²) in [5.74, 6) is -1.08. The fourth-order valence-electron chi connectivity index (χ4n) is 2.88. The lowest BCUT2D eigenvalue weighted by Gasteiger charge is -2.26. The van der Waals surface area contributed by atoms with Crippen molar-refractivity contribution in [1.29, 1.82) is 0 Å². The third-order valence-electron chi connectivity index (χ3n) is 4.30. The number of nitrogens with zero attached hydrogens (tertiary/aromatic N) is 1. The summed E-state index contributed by atoms with van der Waals surface area (Å²) >= 11 is 0. The van der Waals surface area contributed by atoms with Crippen LogP contribution >= 0.6 is 0 Å². The van der Waals surface area contributed by atoms with Crippen molar-refractivity contribution in [3.63, 3.8) is 0 Å². The molecule has 0 saturated carbocycles. The smallest absolute Gasteiger partial charge is 0.266 e. The van der Waals surface area contributed by atoms with Crippen LogP contribution in [0.15, 0.2) is 53.4 Å². The summed E-state index contributed by atoms with van der Waals surface area (Å²) < 4.78 is 39.3. The van der Waals surface area contributed by atoms with Crippen LogP contribution in [0.2, 0.25) is 0 Å². The van der Waals surface area contributed by atoms with Crippen molar-refractivity contribution < 1.29 is 22.4 Å². The van der Waals surface area contributed by atoms with Crippen LogP contribution in [0, 0.1) is 5.82 Å². The van der Waals surface area contributed by atoms with Gasteiger partial charge in [0.2, 0.25) is 5.91 Å². The van der Waals surface area contributed by atoms with Gasteiger partial charge in [-0.3, -0.25) is 9.59 Å². The van der Waals surface area contributed by atoms with E-state index in [9.17, 15) is 22.4 Å². The highest BCUT2D eigenvalue weighted by Crippen LogP contribution is 2.22. The van der Waals surface area contributed by atoms with E-state index >= 15 is 0 Å². The number of benzene rings is 2. The van der Waals surface area contributed by atoms with Gasteiger partial charge in [0.25, 0.3) is 10.0 Å². The second kappa shape index (κ2) is 7.37. The largest absolute Gasteiger partial charge is 0.294 e. The second-order valence-corrected chi connectivity index (χ2v) is 8.04. The summed E-state index contributed by atoms with van der Waals surface area (Å²) in [5, 5.41) is 0. The monoisotopic (exact) mass is 375 g/mol. The molecular formula is C19H18FNO4S. The molecule has 1 fully saturated rings. The molecule has 0 aromatic heterocycles. The minimum Gasteiger partial charge on any atom is -0.294 e. The molecule has 136 valence electrons. The number of halogens is 1. The van der Waals surface area contributed by atoms with Crippen LogP contribution < -0.4 is 0 Å². The Morgan fingerprint density at radius 3 is 2.50 bits per heavy atom. The number of carbonyl (C=O) groups excluding carboxylic acids is 2. The van der Waals surface area contributed by atoms with Crippen LogP contribution in [0.5, 0.6) is 0 Å². The summed E-state index contributed by atoms with van der Waals surface area (Å²) in [6.45, 7) is 0.162. The van der Waals surface area contributed by atoms with Gasteiger partial charge < -0.3 is 0 Å². The molecule has 7 heteroatoms. The van der Waals surface area contributed by atoms with Gasteiger partial charge in [-0.25, -0.2) is 17.1 Å². The predicted molar refractivity (Wildman–Crippen MR) is 93.6 cm³/mol. The minimum absolute atomic E-state index is 0.0342. The standard InChI is InChI=1S/C19H18FNO4S/c20-16-9-7-14(8-10-16)12-18(22)15-4-3-5-17(13-15)26(24,25)21-11-2-1-6-19(21)23/h3-5,7-10,13H,1-2,6,11-12H2. The maximum absolute atomic E-state index is 13.0. The molecule has 0 N–H and O–H groups in total. The third-order valence-corrected chi connectivity index (χ3v) is 6.12. The summed E-state index contributed by atoms with van der Waals surface area (Å²) in [6.07, 6.45) is 1.56. The Kier molecular flexibility index (Phi) is 5.18. The Hall–Kier alpha value is -2.54. The molecule has 1 aliphatic heterocycles. The lowest BCUT2D eigenvalue weighted by molar-refractivity contribution is -0.128. The van der Waals surface area contributed by atoms with E-state index in [2.05, 4.69) is 0 Å². The number of rotatable bonds is 5. The first-order valence-corrected chi connectivity index (χ1v) is 9.75. The number of ketones is 1. The zero-order valence-corrected chi connectivity index (χ0v) is 14.8. The van der Waals surface area contributed by atoms with E-state index in [-0.39, 0.29) is 41.4 Å². The zero-order valence-electron chi connectivity index (χ0n) is 14.0. The molecule has 0 aliphatic carbocycles. The molecule has 2 aromatic carbocycles. The molecule has 1 aliphatic rings. The summed E-state index contributed by atoms with van der Waals surface area (Å²) in [7, 11) is -3.96. The number of hydrogen-bond acceptors (Lipinski definition) is 4. The first-order chi connectivity index (χ1) is 12.4. The van der Waals surface area contributed by atoms with Crippen molar-refractivity contribution in [2.75, 3.05) is 6.54 Å². The van der Waals surface area contributed by atoms with E-state index in [1.54, 1.807) is 0 Å². The summed E-state index contributed by atoms with van der Waals surface area (Å²) in [4.78, 5) is 24.3. The predicted octanol–water partition coefficient (Wildman–Crippen LogP) is 2.95. The molecule has 0 unspecified atom stereocenters. The molecule has 1 amide bonds. The lowest BCUT2D eigenvalue weighted by Crippen LogP contribution is -2.40. The van der Waals surface area contributed by atoms with Gasteiger partial charge in [-0.15, -0.1) is 0 Å². The van der Waals surface area contributed by atoms with E-state index in [0.717, 1.165) is 4.31 Å². The van der Waals surface area contributed by atoms with Crippen molar-refractivity contribution in [1.82, 2.24) is 4.31 Å². The maximum Gasteiger partial charge on any atom is 0.266 e. The molecular weight excluding hydrogens is 357 g/mol. The topological polar surface area (TPSA) is 71.5 Å². The van der Waals surface area contributed by atoms with Gasteiger partial charge in [0, 0.05) is 24.9 Å². The van der Waals surface area contributed by atoms with Crippen molar-refractivity contribution in [3.05, 3.63) is 65.5 Å². The van der Waals surface area contributed by atoms with Gasteiger partial charge in [-0.1, -0.05) is 24.3 Å². The highest BCUT2D eigenvalue weighted by molar-refractivity contribution is 7.89. The number of sulfonamides is 1. The molecule has 0 spiro atoms.